The van der Waals surface area contributed by atoms with Gasteiger partial charge < -0.3 is 4.74 Å². The van der Waals surface area contributed by atoms with Crippen molar-refractivity contribution in [1.82, 2.24) is 5.32 Å². The van der Waals surface area contributed by atoms with Crippen molar-refractivity contribution in [2.45, 2.75) is 33.4 Å². The van der Waals surface area contributed by atoms with Gasteiger partial charge in [-0.2, -0.15) is 0 Å². The second-order valence-corrected chi connectivity index (χ2v) is 4.72. The Hall–Kier alpha value is -1.42. The zero-order valence-corrected chi connectivity index (χ0v) is 11.3. The molecule has 1 aromatic carbocycles. The fraction of sp³-hybridized carbons (Fsp3) is 0.500. The molecule has 3 nitrogen and oxygen atoms in total. The van der Waals surface area contributed by atoms with E-state index in [2.05, 4.69) is 5.32 Å². The van der Waals surface area contributed by atoms with E-state index in [0.717, 1.165) is 5.56 Å². The summed E-state index contributed by atoms with van der Waals surface area (Å²) in [7, 11) is 1.35. The maximum absolute atomic E-state index is 13.5. The van der Waals surface area contributed by atoms with Gasteiger partial charge in [0.25, 0.3) is 0 Å². The first-order chi connectivity index (χ1) is 8.45. The molecule has 18 heavy (non-hydrogen) atoms. The van der Waals surface area contributed by atoms with Crippen LogP contribution in [0.25, 0.3) is 0 Å². The molecule has 0 aliphatic heterocycles. The van der Waals surface area contributed by atoms with Crippen LogP contribution in [0.1, 0.15) is 25.0 Å². The summed E-state index contributed by atoms with van der Waals surface area (Å²) in [5, 5.41) is 3.04. The van der Waals surface area contributed by atoms with Crippen molar-refractivity contribution in [3.05, 3.63) is 35.1 Å². The minimum atomic E-state index is -0.421. The Morgan fingerprint density at radius 2 is 2.11 bits per heavy atom. The van der Waals surface area contributed by atoms with Gasteiger partial charge in [0.15, 0.2) is 0 Å². The Bertz CT molecular complexity index is 418. The van der Waals surface area contributed by atoms with Gasteiger partial charge in [-0.1, -0.05) is 31.5 Å². The van der Waals surface area contributed by atoms with Crippen molar-refractivity contribution in [2.75, 3.05) is 7.11 Å². The summed E-state index contributed by atoms with van der Waals surface area (Å²) >= 11 is 0. The quantitative estimate of drug-likeness (QED) is 0.819. The third-order valence-electron chi connectivity index (χ3n) is 2.84. The topological polar surface area (TPSA) is 38.3 Å². The number of hydrogen-bond acceptors (Lipinski definition) is 3. The van der Waals surface area contributed by atoms with E-state index in [0.29, 0.717) is 12.1 Å². The number of nitrogens with one attached hydrogen (secondary N) is 1. The Balaban J connectivity index is 2.73. The highest BCUT2D eigenvalue weighted by molar-refractivity contribution is 5.75. The van der Waals surface area contributed by atoms with Crippen molar-refractivity contribution in [3.63, 3.8) is 0 Å². The molecule has 1 aromatic rings. The van der Waals surface area contributed by atoms with Crippen LogP contribution in [0.5, 0.6) is 0 Å². The first kappa shape index (κ1) is 14.6. The van der Waals surface area contributed by atoms with Gasteiger partial charge in [0.2, 0.25) is 0 Å². The third kappa shape index (κ3) is 3.81. The van der Waals surface area contributed by atoms with E-state index >= 15 is 0 Å². The fourth-order valence-corrected chi connectivity index (χ4v) is 1.78. The number of carbonyl (C=O) groups is 1. The minimum Gasteiger partial charge on any atom is -0.468 e. The summed E-state index contributed by atoms with van der Waals surface area (Å²) in [6.45, 7) is 6.05. The normalized spacial score (nSPS) is 12.6. The average Bonchev–Trinajstić information content (AvgIpc) is 2.32. The van der Waals surface area contributed by atoms with Crippen molar-refractivity contribution >= 4 is 5.97 Å². The number of methoxy groups -OCH3 is 1. The summed E-state index contributed by atoms with van der Waals surface area (Å²) in [6, 6.07) is 4.51. The van der Waals surface area contributed by atoms with Crippen LogP contribution in [0, 0.1) is 18.7 Å². The Labute approximate surface area is 107 Å². The summed E-state index contributed by atoms with van der Waals surface area (Å²) < 4.78 is 18.3. The van der Waals surface area contributed by atoms with E-state index in [1.54, 1.807) is 12.1 Å². The zero-order chi connectivity index (χ0) is 13.7. The third-order valence-corrected chi connectivity index (χ3v) is 2.84. The van der Waals surface area contributed by atoms with Crippen LogP contribution in [0.15, 0.2) is 18.2 Å². The largest absolute Gasteiger partial charge is 0.468 e. The van der Waals surface area contributed by atoms with Crippen molar-refractivity contribution < 1.29 is 13.9 Å². The van der Waals surface area contributed by atoms with Gasteiger partial charge in [-0.3, -0.25) is 10.1 Å². The van der Waals surface area contributed by atoms with Gasteiger partial charge in [0, 0.05) is 12.1 Å². The Kier molecular flexibility index (Phi) is 5.28. The zero-order valence-electron chi connectivity index (χ0n) is 11.3. The number of ether oxygens (including phenoxy) is 1. The standard InChI is InChI=1S/C14H20FNO2/c1-9(2)13(14(17)18-4)16-8-11-7-10(3)5-6-12(11)15/h5-7,9,13,16H,8H2,1-4H3. The van der Waals surface area contributed by atoms with Crippen molar-refractivity contribution in [3.8, 4) is 0 Å². The molecule has 1 unspecified atom stereocenters. The first-order valence-corrected chi connectivity index (χ1v) is 6.02. The molecule has 0 aliphatic carbocycles. The molecule has 1 N–H and O–H groups in total. The van der Waals surface area contributed by atoms with Gasteiger partial charge in [0.1, 0.15) is 11.9 Å². The summed E-state index contributed by atoms with van der Waals surface area (Å²) in [6.07, 6.45) is 0. The minimum absolute atomic E-state index is 0.0883. The molecule has 0 aliphatic rings. The molecule has 0 fully saturated rings. The Morgan fingerprint density at radius 3 is 2.67 bits per heavy atom. The second kappa shape index (κ2) is 6.50. The van der Waals surface area contributed by atoms with E-state index in [9.17, 15) is 9.18 Å². The number of aryl methyl sites for hydroxylation is 1. The van der Waals surface area contributed by atoms with Gasteiger partial charge in [-0.25, -0.2) is 4.39 Å². The fourth-order valence-electron chi connectivity index (χ4n) is 1.78. The van der Waals surface area contributed by atoms with E-state index in [1.165, 1.54) is 13.2 Å². The number of hydrogen-bond donors (Lipinski definition) is 1. The lowest BCUT2D eigenvalue weighted by Gasteiger charge is -2.20. The van der Waals surface area contributed by atoms with Gasteiger partial charge >= 0.3 is 5.97 Å². The molecule has 0 saturated heterocycles. The Morgan fingerprint density at radius 1 is 1.44 bits per heavy atom. The van der Waals surface area contributed by atoms with Crippen LogP contribution in [0.2, 0.25) is 0 Å². The predicted molar refractivity (Wildman–Crippen MR) is 68.6 cm³/mol. The lowest BCUT2D eigenvalue weighted by Crippen LogP contribution is -2.41. The molecule has 0 saturated carbocycles. The SMILES string of the molecule is COC(=O)C(NCc1cc(C)ccc1F)C(C)C. The van der Waals surface area contributed by atoms with Crippen LogP contribution >= 0.6 is 0 Å². The molecule has 0 spiro atoms. The lowest BCUT2D eigenvalue weighted by molar-refractivity contribution is -0.144. The van der Waals surface area contributed by atoms with Crippen LogP contribution < -0.4 is 5.32 Å². The molecule has 4 heteroatoms. The van der Waals surface area contributed by atoms with Crippen LogP contribution in [-0.2, 0) is 16.1 Å². The molecule has 0 heterocycles. The van der Waals surface area contributed by atoms with Crippen LogP contribution in [0.4, 0.5) is 4.39 Å². The predicted octanol–water partition coefficient (Wildman–Crippen LogP) is 2.42. The number of esters is 1. The molecule has 0 amide bonds. The maximum Gasteiger partial charge on any atom is 0.323 e. The molecule has 0 radical (unpaired) electrons. The first-order valence-electron chi connectivity index (χ1n) is 6.02. The average molecular weight is 253 g/mol. The van der Waals surface area contributed by atoms with Crippen LogP contribution in [0.3, 0.4) is 0 Å². The highest BCUT2D eigenvalue weighted by Crippen LogP contribution is 2.11. The highest BCUT2D eigenvalue weighted by atomic mass is 19.1. The highest BCUT2D eigenvalue weighted by Gasteiger charge is 2.22. The van der Waals surface area contributed by atoms with Gasteiger partial charge in [0.05, 0.1) is 7.11 Å². The van der Waals surface area contributed by atoms with E-state index in [4.69, 9.17) is 4.74 Å². The number of benzene rings is 1. The smallest absolute Gasteiger partial charge is 0.323 e. The summed E-state index contributed by atoms with van der Waals surface area (Å²) in [5.41, 5.74) is 1.55. The number of halogens is 1. The molecule has 0 bridgehead atoms. The van der Waals surface area contributed by atoms with Gasteiger partial charge in [-0.05, 0) is 18.9 Å². The number of rotatable bonds is 5. The van der Waals surface area contributed by atoms with E-state index in [1.807, 2.05) is 20.8 Å². The van der Waals surface area contributed by atoms with E-state index in [-0.39, 0.29) is 17.7 Å². The maximum atomic E-state index is 13.5. The molecular weight excluding hydrogens is 233 g/mol. The molecule has 1 rings (SSSR count). The molecular formula is C14H20FNO2. The van der Waals surface area contributed by atoms with E-state index < -0.39 is 6.04 Å². The monoisotopic (exact) mass is 253 g/mol. The molecule has 100 valence electrons. The summed E-state index contributed by atoms with van der Waals surface area (Å²) in [5.74, 6) is -0.496. The van der Waals surface area contributed by atoms with Crippen LogP contribution in [-0.4, -0.2) is 19.1 Å². The van der Waals surface area contributed by atoms with Crippen molar-refractivity contribution in [2.24, 2.45) is 5.92 Å². The van der Waals surface area contributed by atoms with Gasteiger partial charge in [-0.15, -0.1) is 0 Å². The molecule has 0 aromatic heterocycles. The van der Waals surface area contributed by atoms with Crippen molar-refractivity contribution in [1.29, 1.82) is 0 Å². The second-order valence-electron chi connectivity index (χ2n) is 4.72. The lowest BCUT2D eigenvalue weighted by atomic mass is 10.0. The molecule has 1 atom stereocenters. The summed E-state index contributed by atoms with van der Waals surface area (Å²) in [4.78, 5) is 11.5. The number of carbonyl (C=O) groups excluding carboxylic acids is 1.